The van der Waals surface area contributed by atoms with Crippen LogP contribution in [0.3, 0.4) is 0 Å². The number of hydrogen-bond acceptors (Lipinski definition) is 3. The van der Waals surface area contributed by atoms with Gasteiger partial charge in [-0.15, -0.1) is 0 Å². The van der Waals surface area contributed by atoms with E-state index in [9.17, 15) is 9.59 Å². The summed E-state index contributed by atoms with van der Waals surface area (Å²) in [4.78, 5) is 22.9. The average molecular weight is 242 g/mol. The first kappa shape index (κ1) is 14.0. The van der Waals surface area contributed by atoms with E-state index in [4.69, 9.17) is 5.11 Å². The largest absolute Gasteiger partial charge is 0.480 e. The first-order valence-corrected chi connectivity index (χ1v) is 6.27. The van der Waals surface area contributed by atoms with Gasteiger partial charge >= 0.3 is 5.97 Å². The van der Waals surface area contributed by atoms with E-state index in [0.717, 1.165) is 25.8 Å². The monoisotopic (exact) mass is 242 g/mol. The van der Waals surface area contributed by atoms with Gasteiger partial charge in [0.05, 0.1) is 6.04 Å². The number of amides is 1. The minimum atomic E-state index is -0.956. The number of carbonyl (C=O) groups excluding carboxylic acids is 1. The normalized spacial score (nSPS) is 22.2. The molecule has 1 amide bonds. The van der Waals surface area contributed by atoms with Gasteiger partial charge in [0.15, 0.2) is 0 Å². The van der Waals surface area contributed by atoms with Crippen LogP contribution in [0.25, 0.3) is 0 Å². The average Bonchev–Trinajstić information content (AvgIpc) is 2.28. The zero-order valence-corrected chi connectivity index (χ0v) is 10.5. The second-order valence-corrected chi connectivity index (χ2v) is 5.03. The van der Waals surface area contributed by atoms with E-state index in [1.165, 1.54) is 0 Å². The Morgan fingerprint density at radius 3 is 2.59 bits per heavy atom. The van der Waals surface area contributed by atoms with Gasteiger partial charge in [-0.1, -0.05) is 20.3 Å². The molecule has 0 spiro atoms. The molecule has 0 aliphatic carbocycles. The fourth-order valence-corrected chi connectivity index (χ4v) is 2.04. The summed E-state index contributed by atoms with van der Waals surface area (Å²) < 4.78 is 0. The van der Waals surface area contributed by atoms with Crippen molar-refractivity contribution in [2.75, 3.05) is 6.54 Å². The number of carboxylic acid groups (broad SMARTS) is 1. The molecule has 2 atom stereocenters. The third kappa shape index (κ3) is 4.73. The molecule has 0 aromatic rings. The van der Waals surface area contributed by atoms with E-state index < -0.39 is 12.0 Å². The minimum Gasteiger partial charge on any atom is -0.480 e. The lowest BCUT2D eigenvalue weighted by Crippen LogP contribution is -2.51. The van der Waals surface area contributed by atoms with Crippen molar-refractivity contribution in [3.05, 3.63) is 0 Å². The standard InChI is InChI=1S/C12H22N2O3/c1-8(2)7-10(12(16)17)14-11(15)9-5-3-4-6-13-9/h8-10,13H,3-7H2,1-2H3,(H,14,15)(H,16,17)/t9-,10+/m0/s1. The van der Waals surface area contributed by atoms with Crippen molar-refractivity contribution in [1.82, 2.24) is 10.6 Å². The van der Waals surface area contributed by atoms with E-state index in [1.807, 2.05) is 13.8 Å². The van der Waals surface area contributed by atoms with Crippen LogP contribution in [0.1, 0.15) is 39.5 Å². The first-order chi connectivity index (χ1) is 8.00. The van der Waals surface area contributed by atoms with E-state index >= 15 is 0 Å². The molecule has 17 heavy (non-hydrogen) atoms. The molecule has 0 unspecified atom stereocenters. The molecule has 1 aliphatic rings. The van der Waals surface area contributed by atoms with Crippen LogP contribution in [0, 0.1) is 5.92 Å². The minimum absolute atomic E-state index is 0.183. The van der Waals surface area contributed by atoms with Crippen LogP contribution in [0.2, 0.25) is 0 Å². The third-order valence-corrected chi connectivity index (χ3v) is 2.95. The lowest BCUT2D eigenvalue weighted by atomic mass is 10.0. The predicted octanol–water partition coefficient (Wildman–Crippen LogP) is 0.744. The molecule has 1 saturated heterocycles. The molecule has 5 heteroatoms. The maximum absolute atomic E-state index is 11.9. The van der Waals surface area contributed by atoms with Crippen LogP contribution in [-0.4, -0.2) is 35.6 Å². The number of hydrogen-bond donors (Lipinski definition) is 3. The van der Waals surface area contributed by atoms with E-state index in [-0.39, 0.29) is 17.9 Å². The quantitative estimate of drug-likeness (QED) is 0.664. The molecule has 1 fully saturated rings. The summed E-state index contributed by atoms with van der Waals surface area (Å²) in [5.74, 6) is -0.892. The van der Waals surface area contributed by atoms with Crippen molar-refractivity contribution < 1.29 is 14.7 Å². The van der Waals surface area contributed by atoms with Crippen LogP contribution in [-0.2, 0) is 9.59 Å². The Balaban J connectivity index is 2.47. The zero-order valence-electron chi connectivity index (χ0n) is 10.5. The van der Waals surface area contributed by atoms with Crippen molar-refractivity contribution in [2.45, 2.75) is 51.6 Å². The first-order valence-electron chi connectivity index (χ1n) is 6.27. The van der Waals surface area contributed by atoms with Gasteiger partial charge in [-0.05, 0) is 31.7 Å². The van der Waals surface area contributed by atoms with Gasteiger partial charge in [0.2, 0.25) is 5.91 Å². The fourth-order valence-electron chi connectivity index (χ4n) is 2.04. The smallest absolute Gasteiger partial charge is 0.326 e. The van der Waals surface area contributed by atoms with E-state index in [0.29, 0.717) is 6.42 Å². The van der Waals surface area contributed by atoms with Gasteiger partial charge in [-0.2, -0.15) is 0 Å². The topological polar surface area (TPSA) is 78.4 Å². The molecular weight excluding hydrogens is 220 g/mol. The highest BCUT2D eigenvalue weighted by molar-refractivity contribution is 5.86. The van der Waals surface area contributed by atoms with Crippen LogP contribution in [0.4, 0.5) is 0 Å². The van der Waals surface area contributed by atoms with Gasteiger partial charge in [0, 0.05) is 0 Å². The van der Waals surface area contributed by atoms with Gasteiger partial charge in [0.1, 0.15) is 6.04 Å². The summed E-state index contributed by atoms with van der Waals surface area (Å²) in [5, 5.41) is 14.8. The maximum atomic E-state index is 11.9. The Labute approximate surface area is 102 Å². The molecule has 5 nitrogen and oxygen atoms in total. The fraction of sp³-hybridized carbons (Fsp3) is 0.833. The number of rotatable bonds is 5. The molecule has 0 bridgehead atoms. The Morgan fingerprint density at radius 1 is 1.41 bits per heavy atom. The van der Waals surface area contributed by atoms with Crippen molar-refractivity contribution >= 4 is 11.9 Å². The Bertz CT molecular complexity index is 273. The summed E-state index contributed by atoms with van der Waals surface area (Å²) in [6, 6.07) is -0.996. The molecule has 98 valence electrons. The van der Waals surface area contributed by atoms with Crippen molar-refractivity contribution in [3.63, 3.8) is 0 Å². The Hall–Kier alpha value is -1.10. The predicted molar refractivity (Wildman–Crippen MR) is 64.7 cm³/mol. The highest BCUT2D eigenvalue weighted by Crippen LogP contribution is 2.09. The molecule has 0 radical (unpaired) electrons. The second kappa shape index (κ2) is 6.59. The Morgan fingerprint density at radius 2 is 2.12 bits per heavy atom. The number of carboxylic acids is 1. The molecule has 1 rings (SSSR count). The van der Waals surface area contributed by atoms with Gasteiger partial charge in [0.25, 0.3) is 0 Å². The summed E-state index contributed by atoms with van der Waals surface area (Å²) in [5.41, 5.74) is 0. The van der Waals surface area contributed by atoms with Crippen LogP contribution in [0.5, 0.6) is 0 Å². The third-order valence-electron chi connectivity index (χ3n) is 2.95. The number of aliphatic carboxylic acids is 1. The molecule has 1 heterocycles. The number of nitrogens with one attached hydrogen (secondary N) is 2. The molecule has 3 N–H and O–H groups in total. The van der Waals surface area contributed by atoms with Gasteiger partial charge < -0.3 is 15.7 Å². The van der Waals surface area contributed by atoms with Gasteiger partial charge in [-0.3, -0.25) is 4.79 Å². The highest BCUT2D eigenvalue weighted by atomic mass is 16.4. The van der Waals surface area contributed by atoms with Crippen LogP contribution in [0.15, 0.2) is 0 Å². The molecule has 0 saturated carbocycles. The summed E-state index contributed by atoms with van der Waals surface area (Å²) in [6.45, 7) is 4.72. The Kier molecular flexibility index (Phi) is 5.41. The van der Waals surface area contributed by atoms with Gasteiger partial charge in [-0.25, -0.2) is 4.79 Å². The van der Waals surface area contributed by atoms with Crippen molar-refractivity contribution in [2.24, 2.45) is 5.92 Å². The molecule has 0 aromatic carbocycles. The number of carbonyl (C=O) groups is 2. The molecular formula is C12H22N2O3. The molecule has 0 aromatic heterocycles. The van der Waals surface area contributed by atoms with E-state index in [2.05, 4.69) is 10.6 Å². The number of piperidine rings is 1. The van der Waals surface area contributed by atoms with Crippen LogP contribution >= 0.6 is 0 Å². The molecule has 1 aliphatic heterocycles. The SMILES string of the molecule is CC(C)C[C@@H](NC(=O)[C@@H]1CCCCN1)C(=O)O. The van der Waals surface area contributed by atoms with Crippen molar-refractivity contribution in [1.29, 1.82) is 0 Å². The lowest BCUT2D eigenvalue weighted by molar-refractivity contribution is -0.142. The summed E-state index contributed by atoms with van der Waals surface area (Å²) in [6.07, 6.45) is 3.36. The van der Waals surface area contributed by atoms with Crippen LogP contribution < -0.4 is 10.6 Å². The summed E-state index contributed by atoms with van der Waals surface area (Å²) in [7, 11) is 0. The maximum Gasteiger partial charge on any atom is 0.326 e. The zero-order chi connectivity index (χ0) is 12.8. The second-order valence-electron chi connectivity index (χ2n) is 5.03. The summed E-state index contributed by atoms with van der Waals surface area (Å²) >= 11 is 0. The lowest BCUT2D eigenvalue weighted by Gasteiger charge is -2.25. The highest BCUT2D eigenvalue weighted by Gasteiger charge is 2.26. The van der Waals surface area contributed by atoms with E-state index in [1.54, 1.807) is 0 Å². The van der Waals surface area contributed by atoms with Crippen molar-refractivity contribution in [3.8, 4) is 0 Å².